The van der Waals surface area contributed by atoms with Crippen molar-refractivity contribution in [3.8, 4) is 0 Å². The monoisotopic (exact) mass is 468 g/mol. The maximum absolute atomic E-state index is 13.7. The van der Waals surface area contributed by atoms with Crippen LogP contribution in [0.5, 0.6) is 0 Å². The quantitative estimate of drug-likeness (QED) is 0.540. The Bertz CT molecular complexity index is 1330. The van der Waals surface area contributed by atoms with E-state index in [0.29, 0.717) is 24.0 Å². The molecule has 0 saturated carbocycles. The number of ether oxygens (including phenoxy) is 1. The van der Waals surface area contributed by atoms with Gasteiger partial charge in [-0.3, -0.25) is 4.79 Å². The molecule has 1 amide bonds. The van der Waals surface area contributed by atoms with E-state index in [-0.39, 0.29) is 22.4 Å². The minimum atomic E-state index is -4.04. The fourth-order valence-corrected chi connectivity index (χ4v) is 6.12. The van der Waals surface area contributed by atoms with E-state index >= 15 is 0 Å². The predicted molar refractivity (Wildman–Crippen MR) is 126 cm³/mol. The molecule has 0 atom stereocenters. The maximum Gasteiger partial charge on any atom is 0.355 e. The molecule has 4 rings (SSSR count). The molecular weight excluding hydrogens is 440 g/mol. The molecule has 2 heterocycles. The van der Waals surface area contributed by atoms with Crippen LogP contribution in [0.1, 0.15) is 52.9 Å². The fourth-order valence-electron chi connectivity index (χ4n) is 4.63. The lowest BCUT2D eigenvalue weighted by atomic mass is 9.86. The Kier molecular flexibility index (Phi) is 6.05. The number of carbonyl (C=O) groups is 2. The molecule has 1 fully saturated rings. The fraction of sp³-hybridized carbons (Fsp3) is 0.360. The topological polar surface area (TPSA) is 85.7 Å². The molecule has 1 saturated heterocycles. The smallest absolute Gasteiger partial charge is 0.355 e. The van der Waals surface area contributed by atoms with E-state index in [9.17, 15) is 18.0 Å². The predicted octanol–water partition coefficient (Wildman–Crippen LogP) is 4.01. The number of methoxy groups -OCH3 is 1. The molecule has 33 heavy (non-hydrogen) atoms. The number of aryl methyl sites for hydroxylation is 2. The highest BCUT2D eigenvalue weighted by Crippen LogP contribution is 2.35. The van der Waals surface area contributed by atoms with E-state index in [0.717, 1.165) is 33.5 Å². The number of esters is 1. The van der Waals surface area contributed by atoms with Gasteiger partial charge in [-0.25, -0.2) is 17.2 Å². The van der Waals surface area contributed by atoms with Gasteiger partial charge in [-0.05, 0) is 74.1 Å². The van der Waals surface area contributed by atoms with Crippen molar-refractivity contribution in [2.24, 2.45) is 0 Å². The number of aromatic nitrogens is 1. The summed E-state index contributed by atoms with van der Waals surface area (Å²) in [6, 6.07) is 11.9. The second-order valence-corrected chi connectivity index (χ2v) is 10.4. The highest BCUT2D eigenvalue weighted by molar-refractivity contribution is 7.90. The molecule has 0 bridgehead atoms. The van der Waals surface area contributed by atoms with Crippen molar-refractivity contribution in [2.75, 3.05) is 20.2 Å². The van der Waals surface area contributed by atoms with Crippen LogP contribution in [0, 0.1) is 13.8 Å². The van der Waals surface area contributed by atoms with Crippen LogP contribution >= 0.6 is 0 Å². The summed E-state index contributed by atoms with van der Waals surface area (Å²) in [5, 5.41) is 0.661. The van der Waals surface area contributed by atoms with Crippen molar-refractivity contribution in [1.82, 2.24) is 8.87 Å². The number of fused-ring (bicyclic) bond motifs is 1. The zero-order chi connectivity index (χ0) is 23.9. The SMILES string of the molecule is COC(=O)c1cc2cc(C)c(C3CCN(C(C)=O)CC3)cc2n1S(=O)(=O)c1ccc(C)cc1. The third-order valence-electron chi connectivity index (χ3n) is 6.48. The first kappa shape index (κ1) is 23.0. The molecule has 2 aromatic carbocycles. The third-order valence-corrected chi connectivity index (χ3v) is 8.22. The highest BCUT2D eigenvalue weighted by atomic mass is 32.2. The average Bonchev–Trinajstić information content (AvgIpc) is 3.17. The van der Waals surface area contributed by atoms with Crippen LogP contribution in [0.3, 0.4) is 0 Å². The molecule has 1 aromatic heterocycles. The number of benzene rings is 2. The van der Waals surface area contributed by atoms with Gasteiger partial charge < -0.3 is 9.64 Å². The van der Waals surface area contributed by atoms with Gasteiger partial charge in [0.25, 0.3) is 10.0 Å². The third kappa shape index (κ3) is 4.15. The van der Waals surface area contributed by atoms with Gasteiger partial charge in [-0.1, -0.05) is 17.7 Å². The van der Waals surface area contributed by atoms with Crippen LogP contribution in [-0.4, -0.2) is 49.4 Å². The standard InChI is InChI=1S/C25H28N2O5S/c1-16-5-7-21(8-6-16)33(30,31)27-23-15-22(19-9-11-26(12-10-19)18(3)28)17(2)13-20(23)14-24(27)25(29)32-4/h5-8,13-15,19H,9-12H2,1-4H3. The number of rotatable bonds is 4. The molecule has 0 radical (unpaired) electrons. The Balaban J connectivity index is 1.88. The number of carbonyl (C=O) groups excluding carboxylic acids is 2. The molecule has 174 valence electrons. The lowest BCUT2D eigenvalue weighted by molar-refractivity contribution is -0.129. The van der Waals surface area contributed by atoms with Crippen LogP contribution in [0.15, 0.2) is 47.4 Å². The van der Waals surface area contributed by atoms with E-state index in [2.05, 4.69) is 0 Å². The molecule has 0 spiro atoms. The Morgan fingerprint density at radius 2 is 1.64 bits per heavy atom. The van der Waals surface area contributed by atoms with Crippen molar-refractivity contribution in [3.05, 3.63) is 64.8 Å². The van der Waals surface area contributed by atoms with Crippen LogP contribution in [-0.2, 0) is 19.6 Å². The summed E-state index contributed by atoms with van der Waals surface area (Å²) in [4.78, 5) is 26.2. The van der Waals surface area contributed by atoms with Crippen molar-refractivity contribution in [3.63, 3.8) is 0 Å². The average molecular weight is 469 g/mol. The molecule has 3 aromatic rings. The summed E-state index contributed by atoms with van der Waals surface area (Å²) in [5.41, 5.74) is 3.43. The zero-order valence-corrected chi connectivity index (χ0v) is 20.1. The van der Waals surface area contributed by atoms with Gasteiger partial charge in [-0.15, -0.1) is 0 Å². The first-order valence-corrected chi connectivity index (χ1v) is 12.4. The summed E-state index contributed by atoms with van der Waals surface area (Å²) in [5.74, 6) is -0.436. The number of hydrogen-bond acceptors (Lipinski definition) is 5. The molecule has 7 nitrogen and oxygen atoms in total. The van der Waals surface area contributed by atoms with Crippen molar-refractivity contribution >= 4 is 32.8 Å². The maximum atomic E-state index is 13.7. The minimum Gasteiger partial charge on any atom is -0.464 e. The Hall–Kier alpha value is -3.13. The summed E-state index contributed by atoms with van der Waals surface area (Å²) in [6.07, 6.45) is 1.61. The van der Waals surface area contributed by atoms with Crippen LogP contribution in [0.2, 0.25) is 0 Å². The Labute approximate surface area is 194 Å². The van der Waals surface area contributed by atoms with Crippen LogP contribution in [0.25, 0.3) is 10.9 Å². The lowest BCUT2D eigenvalue weighted by Crippen LogP contribution is -2.36. The second kappa shape index (κ2) is 8.67. The van der Waals surface area contributed by atoms with Gasteiger partial charge >= 0.3 is 5.97 Å². The molecular formula is C25H28N2O5S. The van der Waals surface area contributed by atoms with E-state index in [1.807, 2.05) is 30.9 Å². The van der Waals surface area contributed by atoms with E-state index in [1.54, 1.807) is 37.3 Å². The highest BCUT2D eigenvalue weighted by Gasteiger charge is 2.29. The van der Waals surface area contributed by atoms with Crippen LogP contribution in [0.4, 0.5) is 0 Å². The Morgan fingerprint density at radius 3 is 2.21 bits per heavy atom. The largest absolute Gasteiger partial charge is 0.464 e. The second-order valence-electron chi connectivity index (χ2n) is 8.65. The van der Waals surface area contributed by atoms with Gasteiger partial charge in [0.1, 0.15) is 5.69 Å². The van der Waals surface area contributed by atoms with Crippen molar-refractivity contribution in [1.29, 1.82) is 0 Å². The first-order chi connectivity index (χ1) is 15.6. The van der Waals surface area contributed by atoms with Crippen molar-refractivity contribution < 1.29 is 22.7 Å². The Morgan fingerprint density at radius 1 is 1.00 bits per heavy atom. The molecule has 0 N–H and O–H groups in total. The van der Waals surface area contributed by atoms with Crippen molar-refractivity contribution in [2.45, 2.75) is 44.4 Å². The molecule has 0 aliphatic carbocycles. The number of piperidine rings is 1. The number of nitrogens with zero attached hydrogens (tertiary/aromatic N) is 2. The minimum absolute atomic E-state index is 0.0315. The molecule has 1 aliphatic heterocycles. The molecule has 1 aliphatic rings. The van der Waals surface area contributed by atoms with E-state index in [4.69, 9.17) is 4.74 Å². The van der Waals surface area contributed by atoms with Gasteiger partial charge in [-0.2, -0.15) is 0 Å². The summed E-state index contributed by atoms with van der Waals surface area (Å²) in [6.45, 7) is 6.81. The van der Waals surface area contributed by atoms with Gasteiger partial charge in [0.15, 0.2) is 0 Å². The van der Waals surface area contributed by atoms with E-state index in [1.165, 1.54) is 7.11 Å². The van der Waals surface area contributed by atoms with E-state index < -0.39 is 16.0 Å². The number of amides is 1. The number of likely N-dealkylation sites (tertiary alicyclic amines) is 1. The first-order valence-electron chi connectivity index (χ1n) is 11.0. The summed E-state index contributed by atoms with van der Waals surface area (Å²) >= 11 is 0. The van der Waals surface area contributed by atoms with Gasteiger partial charge in [0.05, 0.1) is 17.5 Å². The molecule has 0 unspecified atom stereocenters. The molecule has 8 heteroatoms. The summed E-state index contributed by atoms with van der Waals surface area (Å²) in [7, 11) is -2.80. The van der Waals surface area contributed by atoms with Gasteiger partial charge in [0, 0.05) is 25.4 Å². The van der Waals surface area contributed by atoms with Gasteiger partial charge in [0.2, 0.25) is 5.91 Å². The zero-order valence-electron chi connectivity index (χ0n) is 19.3. The summed E-state index contributed by atoms with van der Waals surface area (Å²) < 4.78 is 33.3. The van der Waals surface area contributed by atoms with Crippen LogP contribution < -0.4 is 0 Å². The number of hydrogen-bond donors (Lipinski definition) is 0. The normalized spacial score (nSPS) is 15.1. The lowest BCUT2D eigenvalue weighted by Gasteiger charge is -2.32.